The van der Waals surface area contributed by atoms with Gasteiger partial charge in [-0.3, -0.25) is 14.4 Å². The molecule has 6 heteroatoms. The highest BCUT2D eigenvalue weighted by Gasteiger charge is 2.19. The van der Waals surface area contributed by atoms with Gasteiger partial charge in [0, 0.05) is 12.8 Å². The van der Waals surface area contributed by atoms with E-state index in [0.717, 1.165) is 109 Å². The van der Waals surface area contributed by atoms with E-state index in [2.05, 4.69) is 130 Å². The summed E-state index contributed by atoms with van der Waals surface area (Å²) in [6.07, 6.45) is 95.5. The molecule has 0 aliphatic rings. The quantitative estimate of drug-likeness (QED) is 0.0261. The van der Waals surface area contributed by atoms with Crippen molar-refractivity contribution in [1.82, 2.24) is 0 Å². The lowest BCUT2D eigenvalue weighted by molar-refractivity contribution is -0.166. The topological polar surface area (TPSA) is 78.9 Å². The van der Waals surface area contributed by atoms with E-state index in [0.29, 0.717) is 6.42 Å². The number of rotatable bonds is 61. The zero-order chi connectivity index (χ0) is 58.5. The van der Waals surface area contributed by atoms with Crippen molar-refractivity contribution >= 4 is 17.9 Å². The van der Waals surface area contributed by atoms with Crippen LogP contribution in [0.4, 0.5) is 0 Å². The predicted octanol–water partition coefficient (Wildman–Crippen LogP) is 23.6. The van der Waals surface area contributed by atoms with Gasteiger partial charge in [0.25, 0.3) is 0 Å². The molecule has 462 valence electrons. The summed E-state index contributed by atoms with van der Waals surface area (Å²) in [5, 5.41) is 0. The Hall–Kier alpha value is -4.19. The SMILES string of the molecule is CC/C=C\C/C=C\C/C=C\C/C=C\C/C=C\CC(=O)OCC(COC(=O)CCCCCCCCCCCCCCCCCCCCC/C=C\CCCCCCCCCC)OC(=O)CCCCCC/C=C\C/C=C\C/C=C\C/C=C\CC. The molecule has 0 rings (SSSR count). The van der Waals surface area contributed by atoms with Gasteiger partial charge in [-0.2, -0.15) is 0 Å². The van der Waals surface area contributed by atoms with Crippen LogP contribution in [0.5, 0.6) is 0 Å². The van der Waals surface area contributed by atoms with Gasteiger partial charge in [-0.15, -0.1) is 0 Å². The maximum Gasteiger partial charge on any atom is 0.309 e. The van der Waals surface area contributed by atoms with Gasteiger partial charge in [0.05, 0.1) is 6.42 Å². The van der Waals surface area contributed by atoms with Crippen molar-refractivity contribution < 1.29 is 28.6 Å². The molecule has 0 aliphatic carbocycles. The largest absolute Gasteiger partial charge is 0.462 e. The van der Waals surface area contributed by atoms with Crippen molar-refractivity contribution in [2.45, 2.75) is 322 Å². The monoisotopic (exact) mass is 1120 g/mol. The van der Waals surface area contributed by atoms with Crippen molar-refractivity contribution in [3.8, 4) is 0 Å². The highest BCUT2D eigenvalue weighted by Crippen LogP contribution is 2.17. The fraction of sp³-hybridized carbons (Fsp3) is 0.693. The van der Waals surface area contributed by atoms with E-state index in [1.54, 1.807) is 6.08 Å². The predicted molar refractivity (Wildman–Crippen MR) is 353 cm³/mol. The average molecular weight is 1120 g/mol. The maximum absolute atomic E-state index is 12.9. The summed E-state index contributed by atoms with van der Waals surface area (Å²) in [6, 6.07) is 0. The van der Waals surface area contributed by atoms with E-state index in [9.17, 15) is 14.4 Å². The van der Waals surface area contributed by atoms with E-state index in [-0.39, 0.29) is 38.0 Å². The Morgan fingerprint density at radius 3 is 0.877 bits per heavy atom. The van der Waals surface area contributed by atoms with Crippen LogP contribution in [-0.4, -0.2) is 37.2 Å². The van der Waals surface area contributed by atoms with Crippen LogP contribution in [0.1, 0.15) is 316 Å². The Kier molecular flexibility index (Phi) is 64.8. The van der Waals surface area contributed by atoms with E-state index in [1.807, 2.05) is 6.08 Å². The number of ether oxygens (including phenoxy) is 3. The van der Waals surface area contributed by atoms with Crippen molar-refractivity contribution in [3.63, 3.8) is 0 Å². The summed E-state index contributed by atoms with van der Waals surface area (Å²) < 4.78 is 16.8. The molecule has 0 aromatic rings. The molecule has 0 radical (unpaired) electrons. The van der Waals surface area contributed by atoms with Crippen LogP contribution in [0, 0.1) is 0 Å². The number of unbranched alkanes of at least 4 members (excludes halogenated alkanes) is 31. The van der Waals surface area contributed by atoms with Crippen LogP contribution < -0.4 is 0 Å². The van der Waals surface area contributed by atoms with Gasteiger partial charge in [-0.05, 0) is 109 Å². The number of carbonyl (C=O) groups excluding carboxylic acids is 3. The highest BCUT2D eigenvalue weighted by atomic mass is 16.6. The smallest absolute Gasteiger partial charge is 0.309 e. The molecule has 0 heterocycles. The molecular formula is C75H126O6. The first-order valence-electron chi connectivity index (χ1n) is 34.0. The minimum Gasteiger partial charge on any atom is -0.462 e. The third-order valence-electron chi connectivity index (χ3n) is 14.5. The fourth-order valence-corrected chi connectivity index (χ4v) is 9.45. The minimum absolute atomic E-state index is 0.119. The molecule has 6 nitrogen and oxygen atoms in total. The third-order valence-corrected chi connectivity index (χ3v) is 14.5. The van der Waals surface area contributed by atoms with Gasteiger partial charge in [0.15, 0.2) is 6.10 Å². The zero-order valence-corrected chi connectivity index (χ0v) is 53.0. The van der Waals surface area contributed by atoms with Gasteiger partial charge in [0.1, 0.15) is 13.2 Å². The number of esters is 3. The van der Waals surface area contributed by atoms with E-state index < -0.39 is 12.1 Å². The van der Waals surface area contributed by atoms with Crippen LogP contribution in [0.3, 0.4) is 0 Å². The molecular weight excluding hydrogens is 997 g/mol. The molecule has 81 heavy (non-hydrogen) atoms. The summed E-state index contributed by atoms with van der Waals surface area (Å²) in [7, 11) is 0. The van der Waals surface area contributed by atoms with E-state index in [1.165, 1.54) is 167 Å². The fourth-order valence-electron chi connectivity index (χ4n) is 9.45. The Morgan fingerprint density at radius 2 is 0.531 bits per heavy atom. The van der Waals surface area contributed by atoms with Crippen molar-refractivity contribution in [2.75, 3.05) is 13.2 Å². The minimum atomic E-state index is -0.835. The van der Waals surface area contributed by atoms with Gasteiger partial charge < -0.3 is 14.2 Å². The highest BCUT2D eigenvalue weighted by molar-refractivity contribution is 5.72. The Balaban J connectivity index is 4.29. The first kappa shape index (κ1) is 76.8. The summed E-state index contributed by atoms with van der Waals surface area (Å²) in [5.41, 5.74) is 0. The maximum atomic E-state index is 12.9. The average Bonchev–Trinajstić information content (AvgIpc) is 3.47. The lowest BCUT2D eigenvalue weighted by Gasteiger charge is -2.18. The molecule has 0 aromatic heterocycles. The zero-order valence-electron chi connectivity index (χ0n) is 53.0. The Bertz CT molecular complexity index is 1670. The molecule has 1 unspecified atom stereocenters. The molecule has 0 bridgehead atoms. The number of hydrogen-bond donors (Lipinski definition) is 0. The van der Waals surface area contributed by atoms with Crippen LogP contribution in [0.25, 0.3) is 0 Å². The molecule has 0 N–H and O–H groups in total. The molecule has 1 atom stereocenters. The summed E-state index contributed by atoms with van der Waals surface area (Å²) >= 11 is 0. The second-order valence-corrected chi connectivity index (χ2v) is 22.3. The summed E-state index contributed by atoms with van der Waals surface area (Å²) in [6.45, 7) is 6.33. The summed E-state index contributed by atoms with van der Waals surface area (Å²) in [4.78, 5) is 38.3. The lowest BCUT2D eigenvalue weighted by Crippen LogP contribution is -2.30. The molecule has 0 aromatic carbocycles. The summed E-state index contributed by atoms with van der Waals surface area (Å²) in [5.74, 6) is -1.07. The van der Waals surface area contributed by atoms with Crippen LogP contribution >= 0.6 is 0 Å². The standard InChI is InChI=1S/C75H126O6/c1-4-7-10-13-16-19-22-25-28-30-31-32-33-34-35-36-37-38-39-40-41-42-43-45-47-50-53-56-59-62-65-68-74(77)80-71-72(70-79-73(76)67-64-61-58-55-52-49-46-27-24-21-18-15-12-9-6-3)81-75(78)69-66-63-60-57-54-51-48-44-29-26-23-20-17-14-11-8-5-2/h8-9,11-12,17-18,20-21,26-27,29-31,46,48,51-52,55,61,64,72H,4-7,10,13-16,19,22-25,28,32-45,47,49-50,53-54,56-60,62-63,65-71H2,1-3H3/b11-8-,12-9-,20-17-,21-18-,29-26-,31-30-,46-27-,51-48-,55-52-,64-61-. The molecule has 0 fully saturated rings. The van der Waals surface area contributed by atoms with Gasteiger partial charge in [-0.25, -0.2) is 0 Å². The van der Waals surface area contributed by atoms with Gasteiger partial charge in [-0.1, -0.05) is 309 Å². The molecule has 0 aliphatic heterocycles. The molecule has 0 saturated heterocycles. The van der Waals surface area contributed by atoms with Crippen molar-refractivity contribution in [2.24, 2.45) is 0 Å². The normalized spacial score (nSPS) is 12.9. The lowest BCUT2D eigenvalue weighted by atomic mass is 10.0. The van der Waals surface area contributed by atoms with Crippen molar-refractivity contribution in [3.05, 3.63) is 122 Å². The van der Waals surface area contributed by atoms with Crippen molar-refractivity contribution in [1.29, 1.82) is 0 Å². The second kappa shape index (κ2) is 68.3. The number of hydrogen-bond acceptors (Lipinski definition) is 6. The Labute approximate surface area is 501 Å². The van der Waals surface area contributed by atoms with Crippen LogP contribution in [0.15, 0.2) is 122 Å². The molecule has 0 saturated carbocycles. The molecule has 0 spiro atoms. The Morgan fingerprint density at radius 1 is 0.272 bits per heavy atom. The van der Waals surface area contributed by atoms with Gasteiger partial charge in [0.2, 0.25) is 0 Å². The van der Waals surface area contributed by atoms with E-state index >= 15 is 0 Å². The van der Waals surface area contributed by atoms with Crippen LogP contribution in [-0.2, 0) is 28.6 Å². The number of allylic oxidation sites excluding steroid dienone is 19. The first-order chi connectivity index (χ1) is 40.0. The second-order valence-electron chi connectivity index (χ2n) is 22.3. The van der Waals surface area contributed by atoms with E-state index in [4.69, 9.17) is 14.2 Å². The van der Waals surface area contributed by atoms with Crippen LogP contribution in [0.2, 0.25) is 0 Å². The molecule has 0 amide bonds. The first-order valence-corrected chi connectivity index (χ1v) is 34.0. The third kappa shape index (κ3) is 66.5. The van der Waals surface area contributed by atoms with Gasteiger partial charge >= 0.3 is 17.9 Å². The number of carbonyl (C=O) groups is 3.